The van der Waals surface area contributed by atoms with E-state index in [9.17, 15) is 0 Å². The molecule has 27 heavy (non-hydrogen) atoms. The van der Waals surface area contributed by atoms with Gasteiger partial charge >= 0.3 is 0 Å². The molecule has 0 amide bonds. The van der Waals surface area contributed by atoms with Gasteiger partial charge in [-0.15, -0.1) is 0 Å². The second-order valence-electron chi connectivity index (χ2n) is 8.56. The van der Waals surface area contributed by atoms with Crippen LogP contribution in [0.3, 0.4) is 0 Å². The monoisotopic (exact) mass is 362 g/mol. The number of furan rings is 1. The molecule has 0 bridgehead atoms. The molecule has 0 saturated heterocycles. The Balaban J connectivity index is 1.72. The summed E-state index contributed by atoms with van der Waals surface area (Å²) in [5.74, 6) is 2.22. The van der Waals surface area contributed by atoms with E-state index in [1.807, 2.05) is 0 Å². The van der Waals surface area contributed by atoms with E-state index in [4.69, 9.17) is 9.15 Å². The Kier molecular flexibility index (Phi) is 4.59. The Bertz CT molecular complexity index is 940. The summed E-state index contributed by atoms with van der Waals surface area (Å²) in [5, 5.41) is 2.43. The number of hydrogen-bond donors (Lipinski definition) is 0. The average molecular weight is 363 g/mol. The van der Waals surface area contributed by atoms with Crippen LogP contribution >= 0.6 is 0 Å². The first-order valence-electron chi connectivity index (χ1n) is 10.9. The zero-order valence-electron chi connectivity index (χ0n) is 16.4. The minimum atomic E-state index is 0.630. The Hall–Kier alpha value is -1.96. The maximum absolute atomic E-state index is 6.68. The van der Waals surface area contributed by atoms with Crippen molar-refractivity contribution in [1.29, 1.82) is 0 Å². The standard InChI is InChI=1S/C25H30O2/c1-26-22-16-15-20(18-11-6-3-7-12-18)25-23(22)21-14-8-13-19(24(21)27-25)17-9-4-2-5-10-17/h8,13-18H,2-7,9-12H2,1H3. The molecule has 2 aromatic carbocycles. The van der Waals surface area contributed by atoms with Gasteiger partial charge in [-0.05, 0) is 54.7 Å². The number of methoxy groups -OCH3 is 1. The van der Waals surface area contributed by atoms with E-state index in [1.165, 1.54) is 86.1 Å². The van der Waals surface area contributed by atoms with E-state index in [0.29, 0.717) is 11.8 Å². The predicted molar refractivity (Wildman–Crippen MR) is 112 cm³/mol. The number of hydrogen-bond acceptors (Lipinski definition) is 2. The maximum Gasteiger partial charge on any atom is 0.142 e. The number of para-hydroxylation sites is 1. The van der Waals surface area contributed by atoms with E-state index in [0.717, 1.165) is 16.9 Å². The highest BCUT2D eigenvalue weighted by atomic mass is 16.5. The molecule has 2 fully saturated rings. The first-order valence-corrected chi connectivity index (χ1v) is 10.9. The fourth-order valence-corrected chi connectivity index (χ4v) is 5.55. The van der Waals surface area contributed by atoms with Gasteiger partial charge in [0.25, 0.3) is 0 Å². The summed E-state index contributed by atoms with van der Waals surface area (Å²) in [7, 11) is 1.78. The smallest absolute Gasteiger partial charge is 0.142 e. The van der Waals surface area contributed by atoms with Crippen molar-refractivity contribution in [3.05, 3.63) is 41.5 Å². The lowest BCUT2D eigenvalue weighted by atomic mass is 9.83. The average Bonchev–Trinajstić information content (AvgIpc) is 3.14. The topological polar surface area (TPSA) is 22.4 Å². The highest BCUT2D eigenvalue weighted by Gasteiger charge is 2.25. The van der Waals surface area contributed by atoms with Crippen LogP contribution in [-0.2, 0) is 0 Å². The molecule has 0 aliphatic heterocycles. The predicted octanol–water partition coefficient (Wildman–Crippen LogP) is 7.69. The van der Waals surface area contributed by atoms with Crippen LogP contribution in [0, 0.1) is 0 Å². The molecular formula is C25H30O2. The normalized spacial score (nSPS) is 19.7. The second kappa shape index (κ2) is 7.22. The molecule has 3 aromatic rings. The van der Waals surface area contributed by atoms with Crippen molar-refractivity contribution in [1.82, 2.24) is 0 Å². The number of rotatable bonds is 3. The van der Waals surface area contributed by atoms with Crippen molar-refractivity contribution >= 4 is 21.9 Å². The zero-order valence-corrected chi connectivity index (χ0v) is 16.4. The van der Waals surface area contributed by atoms with E-state index in [1.54, 1.807) is 7.11 Å². The Morgan fingerprint density at radius 1 is 0.741 bits per heavy atom. The molecule has 2 aliphatic rings. The summed E-state index contributed by atoms with van der Waals surface area (Å²) in [5.41, 5.74) is 5.01. The van der Waals surface area contributed by atoms with Gasteiger partial charge in [-0.25, -0.2) is 0 Å². The summed E-state index contributed by atoms with van der Waals surface area (Å²) in [6, 6.07) is 11.2. The summed E-state index contributed by atoms with van der Waals surface area (Å²) in [6.07, 6.45) is 13.3. The van der Waals surface area contributed by atoms with Gasteiger partial charge < -0.3 is 9.15 Å². The maximum atomic E-state index is 6.68. The van der Waals surface area contributed by atoms with Gasteiger partial charge in [0, 0.05) is 5.39 Å². The highest BCUT2D eigenvalue weighted by molar-refractivity contribution is 6.10. The van der Waals surface area contributed by atoms with E-state index in [-0.39, 0.29) is 0 Å². The summed E-state index contributed by atoms with van der Waals surface area (Å²) in [6.45, 7) is 0. The number of ether oxygens (including phenoxy) is 1. The van der Waals surface area contributed by atoms with Gasteiger partial charge in [0.2, 0.25) is 0 Å². The van der Waals surface area contributed by atoms with Crippen LogP contribution in [0.5, 0.6) is 5.75 Å². The van der Waals surface area contributed by atoms with Crippen LogP contribution in [0.2, 0.25) is 0 Å². The lowest BCUT2D eigenvalue weighted by molar-refractivity contribution is 0.418. The van der Waals surface area contributed by atoms with Gasteiger partial charge in [-0.3, -0.25) is 0 Å². The molecule has 2 heteroatoms. The van der Waals surface area contributed by atoms with E-state index < -0.39 is 0 Å². The first-order chi connectivity index (χ1) is 13.4. The van der Waals surface area contributed by atoms with E-state index >= 15 is 0 Å². The van der Waals surface area contributed by atoms with Crippen molar-refractivity contribution < 1.29 is 9.15 Å². The van der Waals surface area contributed by atoms with Crippen LogP contribution in [0.1, 0.15) is 87.2 Å². The van der Waals surface area contributed by atoms with Crippen molar-refractivity contribution in [3.8, 4) is 5.75 Å². The largest absolute Gasteiger partial charge is 0.496 e. The van der Waals surface area contributed by atoms with Gasteiger partial charge in [0.1, 0.15) is 16.9 Å². The molecule has 0 spiro atoms. The molecule has 1 aromatic heterocycles. The molecule has 1 heterocycles. The molecule has 5 rings (SSSR count). The Morgan fingerprint density at radius 2 is 1.37 bits per heavy atom. The quantitative estimate of drug-likeness (QED) is 0.476. The Morgan fingerprint density at radius 3 is 2.00 bits per heavy atom. The molecule has 0 unspecified atom stereocenters. The Labute approximate surface area is 161 Å². The minimum Gasteiger partial charge on any atom is -0.496 e. The molecule has 0 atom stereocenters. The lowest BCUT2D eigenvalue weighted by Gasteiger charge is -2.22. The molecular weight excluding hydrogens is 332 g/mol. The second-order valence-corrected chi connectivity index (χ2v) is 8.56. The molecule has 0 radical (unpaired) electrons. The molecule has 0 N–H and O–H groups in total. The fraction of sp³-hybridized carbons (Fsp3) is 0.520. The van der Waals surface area contributed by atoms with Gasteiger partial charge in [-0.2, -0.15) is 0 Å². The highest BCUT2D eigenvalue weighted by Crippen LogP contribution is 2.46. The van der Waals surface area contributed by atoms with Crippen LogP contribution in [0.25, 0.3) is 21.9 Å². The third kappa shape index (κ3) is 2.94. The molecule has 142 valence electrons. The zero-order chi connectivity index (χ0) is 18.2. The van der Waals surface area contributed by atoms with Crippen molar-refractivity contribution in [2.75, 3.05) is 7.11 Å². The van der Waals surface area contributed by atoms with E-state index in [2.05, 4.69) is 30.3 Å². The molecule has 2 nitrogen and oxygen atoms in total. The number of benzene rings is 2. The molecule has 2 aliphatic carbocycles. The summed E-state index contributed by atoms with van der Waals surface area (Å²) < 4.78 is 12.4. The third-order valence-corrected chi connectivity index (χ3v) is 6.98. The summed E-state index contributed by atoms with van der Waals surface area (Å²) in [4.78, 5) is 0. The lowest BCUT2D eigenvalue weighted by Crippen LogP contribution is -2.05. The van der Waals surface area contributed by atoms with Crippen LogP contribution in [0.4, 0.5) is 0 Å². The SMILES string of the molecule is COc1ccc(C2CCCCC2)c2oc3c(C4CCCCC4)cccc3c12. The molecule has 2 saturated carbocycles. The first kappa shape index (κ1) is 17.2. The van der Waals surface area contributed by atoms with Crippen molar-refractivity contribution in [3.63, 3.8) is 0 Å². The van der Waals surface area contributed by atoms with Crippen molar-refractivity contribution in [2.24, 2.45) is 0 Å². The van der Waals surface area contributed by atoms with Gasteiger partial charge in [-0.1, -0.05) is 62.8 Å². The number of fused-ring (bicyclic) bond motifs is 3. The third-order valence-electron chi connectivity index (χ3n) is 6.98. The van der Waals surface area contributed by atoms with Crippen LogP contribution in [-0.4, -0.2) is 7.11 Å². The minimum absolute atomic E-state index is 0.630. The fourth-order valence-electron chi connectivity index (χ4n) is 5.55. The van der Waals surface area contributed by atoms with Gasteiger partial charge in [0.05, 0.1) is 12.5 Å². The summed E-state index contributed by atoms with van der Waals surface area (Å²) >= 11 is 0. The van der Waals surface area contributed by atoms with Crippen LogP contribution < -0.4 is 4.74 Å². The van der Waals surface area contributed by atoms with Crippen molar-refractivity contribution in [2.45, 2.75) is 76.0 Å². The van der Waals surface area contributed by atoms with Crippen LogP contribution in [0.15, 0.2) is 34.7 Å². The van der Waals surface area contributed by atoms with Gasteiger partial charge in [0.15, 0.2) is 0 Å².